The van der Waals surface area contributed by atoms with Crippen LogP contribution in [0.1, 0.15) is 17.0 Å². The minimum atomic E-state index is -3.61. The molecule has 0 spiro atoms. The van der Waals surface area contributed by atoms with Crippen molar-refractivity contribution >= 4 is 27.5 Å². The highest BCUT2D eigenvalue weighted by Crippen LogP contribution is 2.23. The average Bonchev–Trinajstić information content (AvgIpc) is 2.96. The average molecular weight is 397 g/mol. The third kappa shape index (κ3) is 3.77. The topological polar surface area (TPSA) is 86.4 Å². The Hall–Kier alpha value is -1.90. The highest BCUT2D eigenvalue weighted by Gasteiger charge is 2.33. The molecule has 1 aromatic heterocycles. The number of nitrogens with one attached hydrogen (secondary N) is 1. The van der Waals surface area contributed by atoms with Crippen molar-refractivity contribution in [3.8, 4) is 0 Å². The standard InChI is InChI=1S/C17H21ClN4O3S/c1-12-17(13(2)20-19-12)26(24,25)22-9-7-21(8-10-22)16(23)11-14-3-5-15(18)6-4-14/h3-6H,7-11H2,1-2H3,(H,19,20). The third-order valence-electron chi connectivity index (χ3n) is 4.52. The summed E-state index contributed by atoms with van der Waals surface area (Å²) in [7, 11) is -3.61. The van der Waals surface area contributed by atoms with E-state index in [0.717, 1.165) is 5.56 Å². The van der Waals surface area contributed by atoms with Crippen LogP contribution in [0.4, 0.5) is 0 Å². The zero-order chi connectivity index (χ0) is 18.9. The maximum absolute atomic E-state index is 12.8. The Bertz CT molecular complexity index is 881. The maximum atomic E-state index is 12.8. The predicted molar refractivity (Wildman–Crippen MR) is 98.6 cm³/mol. The van der Waals surface area contributed by atoms with E-state index in [1.54, 1.807) is 30.9 Å². The fourth-order valence-corrected chi connectivity index (χ4v) is 5.00. The zero-order valence-electron chi connectivity index (χ0n) is 14.7. The second kappa shape index (κ2) is 7.38. The van der Waals surface area contributed by atoms with Gasteiger partial charge in [-0.15, -0.1) is 0 Å². The fraction of sp³-hybridized carbons (Fsp3) is 0.412. The number of hydrogen-bond acceptors (Lipinski definition) is 4. The molecule has 1 saturated heterocycles. The molecule has 0 unspecified atom stereocenters. The molecule has 2 aromatic rings. The zero-order valence-corrected chi connectivity index (χ0v) is 16.3. The first-order chi connectivity index (χ1) is 12.3. The lowest BCUT2D eigenvalue weighted by Gasteiger charge is -2.34. The van der Waals surface area contributed by atoms with Gasteiger partial charge in [0.25, 0.3) is 0 Å². The lowest BCUT2D eigenvalue weighted by atomic mass is 10.1. The molecular formula is C17H21ClN4O3S. The molecular weight excluding hydrogens is 376 g/mol. The molecule has 1 aliphatic heterocycles. The second-order valence-electron chi connectivity index (χ2n) is 6.35. The smallest absolute Gasteiger partial charge is 0.246 e. The summed E-state index contributed by atoms with van der Waals surface area (Å²) in [6.45, 7) is 4.67. The van der Waals surface area contributed by atoms with Gasteiger partial charge in [-0.1, -0.05) is 23.7 Å². The van der Waals surface area contributed by atoms with Crippen LogP contribution in [0.2, 0.25) is 5.02 Å². The Balaban J connectivity index is 1.63. The molecule has 2 heterocycles. The van der Waals surface area contributed by atoms with Crippen molar-refractivity contribution in [3.05, 3.63) is 46.2 Å². The van der Waals surface area contributed by atoms with E-state index >= 15 is 0 Å². The van der Waals surface area contributed by atoms with E-state index in [9.17, 15) is 13.2 Å². The van der Waals surface area contributed by atoms with E-state index < -0.39 is 10.0 Å². The van der Waals surface area contributed by atoms with Crippen molar-refractivity contribution < 1.29 is 13.2 Å². The van der Waals surface area contributed by atoms with Crippen LogP contribution in [-0.4, -0.2) is 59.9 Å². The molecule has 0 aliphatic carbocycles. The second-order valence-corrected chi connectivity index (χ2v) is 8.66. The summed E-state index contributed by atoms with van der Waals surface area (Å²) in [6.07, 6.45) is 0.282. The molecule has 0 saturated carbocycles. The molecule has 9 heteroatoms. The lowest BCUT2D eigenvalue weighted by Crippen LogP contribution is -2.51. The first kappa shape index (κ1) is 18.9. The number of amides is 1. The number of hydrogen-bond donors (Lipinski definition) is 1. The van der Waals surface area contributed by atoms with E-state index in [-0.39, 0.29) is 30.3 Å². The summed E-state index contributed by atoms with van der Waals surface area (Å²) in [4.78, 5) is 14.4. The molecule has 1 N–H and O–H groups in total. The molecule has 1 aromatic carbocycles. The number of carbonyl (C=O) groups excluding carboxylic acids is 1. The Morgan fingerprint density at radius 3 is 2.31 bits per heavy atom. The van der Waals surface area contributed by atoms with Crippen molar-refractivity contribution in [2.24, 2.45) is 0 Å². The van der Waals surface area contributed by atoms with Gasteiger partial charge in [0.05, 0.1) is 17.8 Å². The molecule has 0 atom stereocenters. The molecule has 140 valence electrons. The van der Waals surface area contributed by atoms with Gasteiger partial charge in [-0.25, -0.2) is 8.42 Å². The van der Waals surface area contributed by atoms with E-state index in [1.807, 2.05) is 12.1 Å². The van der Waals surface area contributed by atoms with Gasteiger partial charge < -0.3 is 4.90 Å². The molecule has 0 bridgehead atoms. The quantitative estimate of drug-likeness (QED) is 0.853. The molecule has 1 amide bonds. The highest BCUT2D eigenvalue weighted by atomic mass is 35.5. The molecule has 3 rings (SSSR count). The number of benzene rings is 1. The van der Waals surface area contributed by atoms with E-state index in [0.29, 0.717) is 29.5 Å². The Labute approximate surface area is 158 Å². The van der Waals surface area contributed by atoms with Crippen LogP contribution in [-0.2, 0) is 21.2 Å². The number of aromatic amines is 1. The van der Waals surface area contributed by atoms with Crippen molar-refractivity contribution in [2.45, 2.75) is 25.2 Å². The number of aryl methyl sites for hydroxylation is 2. The van der Waals surface area contributed by atoms with Crippen molar-refractivity contribution in [1.82, 2.24) is 19.4 Å². The van der Waals surface area contributed by atoms with Crippen molar-refractivity contribution in [3.63, 3.8) is 0 Å². The lowest BCUT2D eigenvalue weighted by molar-refractivity contribution is -0.131. The van der Waals surface area contributed by atoms with Crippen LogP contribution in [0.3, 0.4) is 0 Å². The molecule has 1 aliphatic rings. The Morgan fingerprint density at radius 2 is 1.77 bits per heavy atom. The van der Waals surface area contributed by atoms with Gasteiger partial charge in [0.15, 0.2) is 0 Å². The first-order valence-corrected chi connectivity index (χ1v) is 10.1. The van der Waals surface area contributed by atoms with Crippen LogP contribution in [0.15, 0.2) is 29.2 Å². The molecule has 26 heavy (non-hydrogen) atoms. The molecule has 0 radical (unpaired) electrons. The number of aromatic nitrogens is 2. The van der Waals surface area contributed by atoms with Crippen LogP contribution < -0.4 is 0 Å². The third-order valence-corrected chi connectivity index (χ3v) is 6.93. The van der Waals surface area contributed by atoms with Crippen LogP contribution in [0.5, 0.6) is 0 Å². The van der Waals surface area contributed by atoms with Crippen molar-refractivity contribution in [2.75, 3.05) is 26.2 Å². The van der Waals surface area contributed by atoms with Gasteiger partial charge in [0.2, 0.25) is 15.9 Å². The maximum Gasteiger partial charge on any atom is 0.246 e. The summed E-state index contributed by atoms with van der Waals surface area (Å²) >= 11 is 5.86. The normalized spacial score (nSPS) is 16.0. The Kier molecular flexibility index (Phi) is 5.36. The minimum Gasteiger partial charge on any atom is -0.340 e. The minimum absolute atomic E-state index is 0.0138. The number of carbonyl (C=O) groups is 1. The van der Waals surface area contributed by atoms with Gasteiger partial charge in [-0.2, -0.15) is 9.40 Å². The SMILES string of the molecule is Cc1n[nH]c(C)c1S(=O)(=O)N1CCN(C(=O)Cc2ccc(Cl)cc2)CC1. The summed E-state index contributed by atoms with van der Waals surface area (Å²) in [5.74, 6) is -0.0138. The van der Waals surface area contributed by atoms with Gasteiger partial charge in [-0.05, 0) is 31.5 Å². The van der Waals surface area contributed by atoms with E-state index in [4.69, 9.17) is 11.6 Å². The van der Waals surface area contributed by atoms with Crippen LogP contribution in [0.25, 0.3) is 0 Å². The van der Waals surface area contributed by atoms with Crippen LogP contribution >= 0.6 is 11.6 Å². The van der Waals surface area contributed by atoms with Crippen molar-refractivity contribution in [1.29, 1.82) is 0 Å². The van der Waals surface area contributed by atoms with E-state index in [1.165, 1.54) is 4.31 Å². The number of nitrogens with zero attached hydrogens (tertiary/aromatic N) is 3. The van der Waals surface area contributed by atoms with Gasteiger partial charge in [-0.3, -0.25) is 9.89 Å². The Morgan fingerprint density at radius 1 is 1.15 bits per heavy atom. The predicted octanol–water partition coefficient (Wildman–Crippen LogP) is 1.76. The number of sulfonamides is 1. The highest BCUT2D eigenvalue weighted by molar-refractivity contribution is 7.89. The van der Waals surface area contributed by atoms with Gasteiger partial charge >= 0.3 is 0 Å². The molecule has 1 fully saturated rings. The molecule has 7 nitrogen and oxygen atoms in total. The number of halogens is 1. The summed E-state index contributed by atoms with van der Waals surface area (Å²) < 4.78 is 27.1. The fourth-order valence-electron chi connectivity index (χ4n) is 3.12. The summed E-state index contributed by atoms with van der Waals surface area (Å²) in [5, 5.41) is 7.31. The first-order valence-electron chi connectivity index (χ1n) is 8.33. The summed E-state index contributed by atoms with van der Waals surface area (Å²) in [5.41, 5.74) is 1.88. The number of H-pyrrole nitrogens is 1. The number of piperazine rings is 1. The van der Waals surface area contributed by atoms with E-state index in [2.05, 4.69) is 10.2 Å². The van der Waals surface area contributed by atoms with Gasteiger partial charge in [0.1, 0.15) is 4.90 Å². The summed E-state index contributed by atoms with van der Waals surface area (Å²) in [6, 6.07) is 7.16. The number of rotatable bonds is 4. The van der Waals surface area contributed by atoms with Gasteiger partial charge in [0, 0.05) is 31.2 Å². The monoisotopic (exact) mass is 396 g/mol. The largest absolute Gasteiger partial charge is 0.340 e. The van der Waals surface area contributed by atoms with Crippen LogP contribution in [0, 0.1) is 13.8 Å².